The van der Waals surface area contributed by atoms with Crippen LogP contribution in [0.4, 0.5) is 4.79 Å². The molecule has 0 saturated heterocycles. The second-order valence-corrected chi connectivity index (χ2v) is 7.42. The molecular weight excluding hydrogens is 270 g/mol. The highest BCUT2D eigenvalue weighted by atomic mass is 16.6. The van der Waals surface area contributed by atoms with Gasteiger partial charge in [0.25, 0.3) is 0 Å². The Morgan fingerprint density at radius 1 is 1.10 bits per heavy atom. The first-order valence-electron chi connectivity index (χ1n) is 7.98. The third-order valence-corrected chi connectivity index (χ3v) is 4.27. The van der Waals surface area contributed by atoms with Crippen molar-refractivity contribution in [3.63, 3.8) is 0 Å². The topological polar surface area (TPSA) is 66.8 Å². The molecule has 0 aromatic heterocycles. The van der Waals surface area contributed by atoms with E-state index in [1.807, 2.05) is 25.7 Å². The molecule has 1 amide bonds. The molecule has 120 valence electrons. The molecule has 0 radical (unpaired) electrons. The summed E-state index contributed by atoms with van der Waals surface area (Å²) >= 11 is 0. The molecule has 2 rings (SSSR count). The van der Waals surface area contributed by atoms with E-state index >= 15 is 0 Å². The van der Waals surface area contributed by atoms with Gasteiger partial charge in [-0.3, -0.25) is 4.79 Å². The lowest BCUT2D eigenvalue weighted by Crippen LogP contribution is -2.41. The molecule has 2 aliphatic carbocycles. The molecule has 0 aromatic carbocycles. The summed E-state index contributed by atoms with van der Waals surface area (Å²) in [6.07, 6.45) is 5.14. The van der Waals surface area contributed by atoms with Crippen LogP contribution in [0.2, 0.25) is 0 Å². The standard InChI is InChI=1S/C16H27NO4/c1-16(2,3)21-15(20)17(13-8-9-13)10-11-4-6-12(7-5-11)14(18)19/h11-13H,4-10H2,1-3H3,(H,18,19). The number of amides is 1. The van der Waals surface area contributed by atoms with Crippen LogP contribution in [0, 0.1) is 11.8 Å². The lowest BCUT2D eigenvalue weighted by molar-refractivity contribution is -0.143. The number of rotatable bonds is 4. The van der Waals surface area contributed by atoms with Crippen molar-refractivity contribution in [2.75, 3.05) is 6.54 Å². The number of carboxylic acids is 1. The molecule has 0 unspecified atom stereocenters. The highest BCUT2D eigenvalue weighted by molar-refractivity contribution is 5.70. The maximum Gasteiger partial charge on any atom is 0.410 e. The summed E-state index contributed by atoms with van der Waals surface area (Å²) in [4.78, 5) is 25.2. The molecule has 1 N–H and O–H groups in total. The highest BCUT2D eigenvalue weighted by Gasteiger charge is 2.37. The number of carbonyl (C=O) groups is 2. The SMILES string of the molecule is CC(C)(C)OC(=O)N(CC1CCC(C(=O)O)CC1)C1CC1. The van der Waals surface area contributed by atoms with Gasteiger partial charge in [0, 0.05) is 12.6 Å². The maximum atomic E-state index is 12.3. The number of hydrogen-bond acceptors (Lipinski definition) is 3. The third-order valence-electron chi connectivity index (χ3n) is 4.27. The Morgan fingerprint density at radius 2 is 1.67 bits per heavy atom. The van der Waals surface area contributed by atoms with Gasteiger partial charge in [0.05, 0.1) is 5.92 Å². The molecule has 0 heterocycles. The van der Waals surface area contributed by atoms with Crippen molar-refractivity contribution >= 4 is 12.1 Å². The van der Waals surface area contributed by atoms with E-state index in [2.05, 4.69) is 0 Å². The summed E-state index contributed by atoms with van der Waals surface area (Å²) in [6.45, 7) is 6.36. The van der Waals surface area contributed by atoms with Crippen molar-refractivity contribution < 1.29 is 19.4 Å². The van der Waals surface area contributed by atoms with E-state index in [9.17, 15) is 9.59 Å². The number of carboxylic acid groups (broad SMARTS) is 1. The average molecular weight is 297 g/mol. The molecule has 2 saturated carbocycles. The number of hydrogen-bond donors (Lipinski definition) is 1. The van der Waals surface area contributed by atoms with Gasteiger partial charge in [-0.2, -0.15) is 0 Å². The van der Waals surface area contributed by atoms with Gasteiger partial charge < -0.3 is 14.7 Å². The molecule has 0 aliphatic heterocycles. The fraction of sp³-hybridized carbons (Fsp3) is 0.875. The molecule has 0 aromatic rings. The second-order valence-electron chi connectivity index (χ2n) is 7.42. The van der Waals surface area contributed by atoms with Gasteiger partial charge in [-0.15, -0.1) is 0 Å². The van der Waals surface area contributed by atoms with Gasteiger partial charge >= 0.3 is 12.1 Å². The van der Waals surface area contributed by atoms with E-state index in [1.165, 1.54) is 0 Å². The Morgan fingerprint density at radius 3 is 2.10 bits per heavy atom. The van der Waals surface area contributed by atoms with Crippen molar-refractivity contribution in [2.24, 2.45) is 11.8 Å². The van der Waals surface area contributed by atoms with Crippen LogP contribution in [0.3, 0.4) is 0 Å². The van der Waals surface area contributed by atoms with E-state index < -0.39 is 11.6 Å². The van der Waals surface area contributed by atoms with Gasteiger partial charge in [0.15, 0.2) is 0 Å². The molecule has 0 spiro atoms. The lowest BCUT2D eigenvalue weighted by atomic mass is 9.82. The average Bonchev–Trinajstić information content (AvgIpc) is 3.18. The fourth-order valence-electron chi connectivity index (χ4n) is 2.95. The minimum absolute atomic E-state index is 0.197. The third kappa shape index (κ3) is 4.90. The minimum atomic E-state index is -0.681. The predicted octanol–water partition coefficient (Wildman–Crippen LogP) is 3.28. The van der Waals surface area contributed by atoms with Crippen molar-refractivity contribution in [2.45, 2.75) is 70.9 Å². The summed E-state index contributed by atoms with van der Waals surface area (Å²) in [7, 11) is 0. The van der Waals surface area contributed by atoms with Gasteiger partial charge in [-0.05, 0) is 65.2 Å². The van der Waals surface area contributed by atoms with E-state index in [-0.39, 0.29) is 12.0 Å². The quantitative estimate of drug-likeness (QED) is 0.864. The van der Waals surface area contributed by atoms with Crippen LogP contribution in [-0.4, -0.2) is 40.3 Å². The molecule has 0 atom stereocenters. The van der Waals surface area contributed by atoms with E-state index in [0.717, 1.165) is 38.5 Å². The van der Waals surface area contributed by atoms with Crippen LogP contribution < -0.4 is 0 Å². The largest absolute Gasteiger partial charge is 0.481 e. The molecule has 21 heavy (non-hydrogen) atoms. The van der Waals surface area contributed by atoms with Gasteiger partial charge in [-0.25, -0.2) is 4.79 Å². The summed E-state index contributed by atoms with van der Waals surface area (Å²) in [5.74, 6) is -0.467. The Hall–Kier alpha value is -1.26. The number of carbonyl (C=O) groups excluding carboxylic acids is 1. The normalized spacial score (nSPS) is 26.2. The summed E-state index contributed by atoms with van der Waals surface area (Å²) in [5, 5.41) is 9.04. The molecule has 2 fully saturated rings. The first-order chi connectivity index (χ1) is 9.76. The Bertz CT molecular complexity index is 390. The highest BCUT2D eigenvalue weighted by Crippen LogP contribution is 2.34. The molecule has 0 bridgehead atoms. The molecule has 5 nitrogen and oxygen atoms in total. The Labute approximate surface area is 126 Å². The van der Waals surface area contributed by atoms with Gasteiger partial charge in [-0.1, -0.05) is 0 Å². The predicted molar refractivity (Wildman–Crippen MR) is 79.0 cm³/mol. The minimum Gasteiger partial charge on any atom is -0.481 e. The van der Waals surface area contributed by atoms with Gasteiger partial charge in [0.1, 0.15) is 5.60 Å². The zero-order valence-corrected chi connectivity index (χ0v) is 13.3. The molecular formula is C16H27NO4. The fourth-order valence-corrected chi connectivity index (χ4v) is 2.95. The van der Waals surface area contributed by atoms with E-state index in [4.69, 9.17) is 9.84 Å². The molecule has 5 heteroatoms. The van der Waals surface area contributed by atoms with Crippen LogP contribution in [0.15, 0.2) is 0 Å². The lowest BCUT2D eigenvalue weighted by Gasteiger charge is -2.33. The monoisotopic (exact) mass is 297 g/mol. The number of nitrogens with zero attached hydrogens (tertiary/aromatic N) is 1. The first kappa shape index (κ1) is 16.1. The van der Waals surface area contributed by atoms with Crippen molar-refractivity contribution in [1.29, 1.82) is 0 Å². The summed E-state index contributed by atoms with van der Waals surface area (Å²) < 4.78 is 5.49. The number of ether oxygens (including phenoxy) is 1. The first-order valence-corrected chi connectivity index (χ1v) is 7.98. The zero-order chi connectivity index (χ0) is 15.6. The Balaban J connectivity index is 1.86. The smallest absolute Gasteiger partial charge is 0.410 e. The Kier molecular flexibility index (Phi) is 4.79. The maximum absolute atomic E-state index is 12.3. The summed E-state index contributed by atoms with van der Waals surface area (Å²) in [6, 6.07) is 0.331. The van der Waals surface area contributed by atoms with Crippen molar-refractivity contribution in [3.8, 4) is 0 Å². The van der Waals surface area contributed by atoms with Crippen LogP contribution in [-0.2, 0) is 9.53 Å². The van der Waals surface area contributed by atoms with E-state index in [1.54, 1.807) is 0 Å². The van der Waals surface area contributed by atoms with Crippen molar-refractivity contribution in [3.05, 3.63) is 0 Å². The summed E-state index contributed by atoms with van der Waals surface area (Å²) in [5.41, 5.74) is -0.467. The number of aliphatic carboxylic acids is 1. The van der Waals surface area contributed by atoms with Crippen LogP contribution in [0.25, 0.3) is 0 Å². The molecule has 2 aliphatic rings. The van der Waals surface area contributed by atoms with Crippen LogP contribution in [0.1, 0.15) is 59.3 Å². The van der Waals surface area contributed by atoms with Crippen LogP contribution in [0.5, 0.6) is 0 Å². The van der Waals surface area contributed by atoms with Crippen molar-refractivity contribution in [1.82, 2.24) is 4.90 Å². The second kappa shape index (κ2) is 6.24. The van der Waals surface area contributed by atoms with Gasteiger partial charge in [0.2, 0.25) is 0 Å². The van der Waals surface area contributed by atoms with E-state index in [0.29, 0.717) is 18.5 Å². The zero-order valence-electron chi connectivity index (χ0n) is 13.3. The van der Waals surface area contributed by atoms with Crippen LogP contribution >= 0.6 is 0 Å².